The van der Waals surface area contributed by atoms with E-state index in [1.54, 1.807) is 29.2 Å². The van der Waals surface area contributed by atoms with Gasteiger partial charge >= 0.3 is 0 Å². The van der Waals surface area contributed by atoms with Crippen LogP contribution in [-0.2, 0) is 4.79 Å². The maximum Gasteiger partial charge on any atom is 0.253 e. The summed E-state index contributed by atoms with van der Waals surface area (Å²) in [6.07, 6.45) is 0. The van der Waals surface area contributed by atoms with Crippen LogP contribution >= 0.6 is 0 Å². The van der Waals surface area contributed by atoms with Gasteiger partial charge in [0.2, 0.25) is 5.91 Å². The highest BCUT2D eigenvalue weighted by molar-refractivity contribution is 5.96. The van der Waals surface area contributed by atoms with Crippen molar-refractivity contribution in [2.75, 3.05) is 43.5 Å². The molecule has 0 saturated heterocycles. The lowest BCUT2D eigenvalue weighted by Crippen LogP contribution is -2.30. The SMILES string of the molecule is CCN(CC)C(=O)c1ccc(NC(=O)CNc2cccc(OCCOc3ccccc3)c2)cc1. The van der Waals surface area contributed by atoms with Gasteiger partial charge in [-0.05, 0) is 62.4 Å². The Balaban J connectivity index is 1.42. The molecule has 2 N–H and O–H groups in total. The summed E-state index contributed by atoms with van der Waals surface area (Å²) in [6.45, 7) is 6.16. The lowest BCUT2D eigenvalue weighted by atomic mass is 10.1. The first-order valence-electron chi connectivity index (χ1n) is 11.4. The molecule has 178 valence electrons. The number of hydrogen-bond donors (Lipinski definition) is 2. The number of rotatable bonds is 12. The van der Waals surface area contributed by atoms with Gasteiger partial charge in [0, 0.05) is 36.1 Å². The highest BCUT2D eigenvalue weighted by Crippen LogP contribution is 2.18. The summed E-state index contributed by atoms with van der Waals surface area (Å²) in [5.41, 5.74) is 2.01. The summed E-state index contributed by atoms with van der Waals surface area (Å²) in [7, 11) is 0. The van der Waals surface area contributed by atoms with E-state index in [1.165, 1.54) is 0 Å². The fourth-order valence-electron chi connectivity index (χ4n) is 3.31. The van der Waals surface area contributed by atoms with Gasteiger partial charge in [-0.2, -0.15) is 0 Å². The molecule has 3 aromatic rings. The van der Waals surface area contributed by atoms with Crippen LogP contribution in [0.2, 0.25) is 0 Å². The molecule has 2 amide bonds. The first kappa shape index (κ1) is 24.6. The van der Waals surface area contributed by atoms with Crippen LogP contribution in [0, 0.1) is 0 Å². The normalized spacial score (nSPS) is 10.3. The lowest BCUT2D eigenvalue weighted by Gasteiger charge is -2.18. The van der Waals surface area contributed by atoms with Crippen molar-refractivity contribution in [3.8, 4) is 11.5 Å². The number of nitrogens with zero attached hydrogens (tertiary/aromatic N) is 1. The van der Waals surface area contributed by atoms with Crippen LogP contribution in [0.25, 0.3) is 0 Å². The number of nitrogens with one attached hydrogen (secondary N) is 2. The Morgan fingerprint density at radius 2 is 1.41 bits per heavy atom. The summed E-state index contributed by atoms with van der Waals surface area (Å²) >= 11 is 0. The van der Waals surface area contributed by atoms with E-state index in [0.717, 1.165) is 11.4 Å². The third kappa shape index (κ3) is 7.55. The standard InChI is InChI=1S/C27H31N3O4/c1-3-30(4-2)27(32)21-13-15-22(16-14-21)29-26(31)20-28-23-9-8-12-25(19-23)34-18-17-33-24-10-6-5-7-11-24/h5-16,19,28H,3-4,17-18,20H2,1-2H3,(H,29,31). The number of ether oxygens (including phenoxy) is 2. The molecule has 0 fully saturated rings. The highest BCUT2D eigenvalue weighted by atomic mass is 16.5. The maximum absolute atomic E-state index is 12.4. The van der Waals surface area contributed by atoms with Gasteiger partial charge in [0.05, 0.1) is 6.54 Å². The van der Waals surface area contributed by atoms with Crippen molar-refractivity contribution in [3.05, 3.63) is 84.4 Å². The molecule has 0 spiro atoms. The van der Waals surface area contributed by atoms with E-state index < -0.39 is 0 Å². The molecule has 0 heterocycles. The van der Waals surface area contributed by atoms with Crippen LogP contribution in [0.3, 0.4) is 0 Å². The smallest absolute Gasteiger partial charge is 0.253 e. The second kappa shape index (κ2) is 12.9. The number of carbonyl (C=O) groups is 2. The van der Waals surface area contributed by atoms with E-state index in [2.05, 4.69) is 10.6 Å². The molecule has 0 atom stereocenters. The first-order valence-corrected chi connectivity index (χ1v) is 11.4. The number of benzene rings is 3. The summed E-state index contributed by atoms with van der Waals surface area (Å²) < 4.78 is 11.4. The fourth-order valence-corrected chi connectivity index (χ4v) is 3.31. The Kier molecular flexibility index (Phi) is 9.34. The van der Waals surface area contributed by atoms with Gasteiger partial charge in [0.1, 0.15) is 24.7 Å². The Morgan fingerprint density at radius 3 is 2.09 bits per heavy atom. The van der Waals surface area contributed by atoms with Crippen molar-refractivity contribution < 1.29 is 19.1 Å². The predicted molar refractivity (Wildman–Crippen MR) is 135 cm³/mol. The van der Waals surface area contributed by atoms with Crippen LogP contribution in [-0.4, -0.2) is 49.6 Å². The lowest BCUT2D eigenvalue weighted by molar-refractivity contribution is -0.114. The van der Waals surface area contributed by atoms with Crippen molar-refractivity contribution in [2.45, 2.75) is 13.8 Å². The Bertz CT molecular complexity index is 1050. The minimum absolute atomic E-state index is 0.0155. The van der Waals surface area contributed by atoms with E-state index in [4.69, 9.17) is 9.47 Å². The largest absolute Gasteiger partial charge is 0.490 e. The minimum Gasteiger partial charge on any atom is -0.490 e. The Hall–Kier alpha value is -4.00. The van der Waals surface area contributed by atoms with Crippen molar-refractivity contribution >= 4 is 23.2 Å². The van der Waals surface area contributed by atoms with Crippen LogP contribution in [0.1, 0.15) is 24.2 Å². The summed E-state index contributed by atoms with van der Waals surface area (Å²) in [6, 6.07) is 23.9. The predicted octanol–water partition coefficient (Wildman–Crippen LogP) is 4.68. The van der Waals surface area contributed by atoms with E-state index in [9.17, 15) is 9.59 Å². The van der Waals surface area contributed by atoms with Crippen LogP contribution in [0.4, 0.5) is 11.4 Å². The third-order valence-electron chi connectivity index (χ3n) is 5.12. The highest BCUT2D eigenvalue weighted by Gasteiger charge is 2.12. The Labute approximate surface area is 200 Å². The van der Waals surface area contributed by atoms with E-state index in [0.29, 0.717) is 43.3 Å². The zero-order valence-corrected chi connectivity index (χ0v) is 19.6. The van der Waals surface area contributed by atoms with Crippen molar-refractivity contribution in [1.29, 1.82) is 0 Å². The number of para-hydroxylation sites is 1. The van der Waals surface area contributed by atoms with Gasteiger partial charge in [0.25, 0.3) is 5.91 Å². The van der Waals surface area contributed by atoms with Gasteiger partial charge in [-0.15, -0.1) is 0 Å². The van der Waals surface area contributed by atoms with Crippen molar-refractivity contribution in [3.63, 3.8) is 0 Å². The average molecular weight is 462 g/mol. The Morgan fingerprint density at radius 1 is 0.765 bits per heavy atom. The summed E-state index contributed by atoms with van der Waals surface area (Å²) in [4.78, 5) is 26.5. The zero-order chi connectivity index (χ0) is 24.2. The number of anilines is 2. The van der Waals surface area contributed by atoms with Crippen LogP contribution in [0.5, 0.6) is 11.5 Å². The molecule has 0 saturated carbocycles. The van der Waals surface area contributed by atoms with Crippen molar-refractivity contribution in [2.24, 2.45) is 0 Å². The summed E-state index contributed by atoms with van der Waals surface area (Å²) in [5, 5.41) is 5.93. The molecule has 0 radical (unpaired) electrons. The molecule has 0 bridgehead atoms. The molecule has 0 unspecified atom stereocenters. The van der Waals surface area contributed by atoms with Crippen molar-refractivity contribution in [1.82, 2.24) is 4.90 Å². The molecule has 0 aliphatic rings. The van der Waals surface area contributed by atoms with Crippen LogP contribution < -0.4 is 20.1 Å². The third-order valence-corrected chi connectivity index (χ3v) is 5.12. The second-order valence-electron chi connectivity index (χ2n) is 7.49. The fraction of sp³-hybridized carbons (Fsp3) is 0.259. The van der Waals surface area contributed by atoms with Crippen LogP contribution in [0.15, 0.2) is 78.9 Å². The van der Waals surface area contributed by atoms with Gasteiger partial charge in [-0.1, -0.05) is 24.3 Å². The van der Waals surface area contributed by atoms with Gasteiger partial charge in [0.15, 0.2) is 0 Å². The molecule has 3 rings (SSSR count). The quantitative estimate of drug-likeness (QED) is 0.383. The van der Waals surface area contributed by atoms with Gasteiger partial charge < -0.3 is 25.0 Å². The average Bonchev–Trinajstić information content (AvgIpc) is 2.87. The number of amides is 2. The maximum atomic E-state index is 12.4. The second-order valence-corrected chi connectivity index (χ2v) is 7.49. The first-order chi connectivity index (χ1) is 16.6. The molecular weight excluding hydrogens is 430 g/mol. The minimum atomic E-state index is -0.189. The molecule has 7 heteroatoms. The topological polar surface area (TPSA) is 79.9 Å². The van der Waals surface area contributed by atoms with Gasteiger partial charge in [-0.25, -0.2) is 0 Å². The summed E-state index contributed by atoms with van der Waals surface area (Å²) in [5.74, 6) is 1.29. The molecule has 34 heavy (non-hydrogen) atoms. The molecule has 0 aliphatic carbocycles. The molecule has 0 aromatic heterocycles. The molecule has 0 aliphatic heterocycles. The van der Waals surface area contributed by atoms with E-state index in [1.807, 2.05) is 68.4 Å². The monoisotopic (exact) mass is 461 g/mol. The molecular formula is C27H31N3O4. The van der Waals surface area contributed by atoms with E-state index >= 15 is 0 Å². The zero-order valence-electron chi connectivity index (χ0n) is 19.6. The number of hydrogen-bond acceptors (Lipinski definition) is 5. The van der Waals surface area contributed by atoms with Gasteiger partial charge in [-0.3, -0.25) is 9.59 Å². The number of carbonyl (C=O) groups excluding carboxylic acids is 2. The van der Waals surface area contributed by atoms with E-state index in [-0.39, 0.29) is 18.4 Å². The molecule has 3 aromatic carbocycles. The molecule has 7 nitrogen and oxygen atoms in total.